The number of aromatic nitrogens is 3. The van der Waals surface area contributed by atoms with E-state index in [2.05, 4.69) is 21.0 Å². The molecule has 10 nitrogen and oxygen atoms in total. The standard InChI is InChI=1S/C29H26FN7O3/c1-40-25-4-2-3-23(30)26(25)29-35-13-22(27(36-29)28(33)39)20-6-5-16(21-12-34-8-7-17(21)11-31)9-24(20)37-14-18(32)10-19(37)15-38/h2-9,12-13,18-19,38H,10,14-15,32H2,1H3,(H2,33,39)/t18-,19-/m0/s1/i1D3. The summed E-state index contributed by atoms with van der Waals surface area (Å²) in [5.41, 5.74) is 14.3. The summed E-state index contributed by atoms with van der Waals surface area (Å²) in [7, 11) is -2.88. The van der Waals surface area contributed by atoms with Gasteiger partial charge in [-0.15, -0.1) is 0 Å². The molecule has 2 aromatic heterocycles. The van der Waals surface area contributed by atoms with Crippen LogP contribution in [0.1, 0.15) is 26.6 Å². The van der Waals surface area contributed by atoms with Gasteiger partial charge in [-0.2, -0.15) is 5.26 Å². The topological polar surface area (TPSA) is 164 Å². The van der Waals surface area contributed by atoms with Crippen LogP contribution >= 0.6 is 0 Å². The number of carbonyl (C=O) groups excluding carboxylic acids is 1. The molecule has 202 valence electrons. The number of halogens is 1. The van der Waals surface area contributed by atoms with Crippen molar-refractivity contribution in [3.8, 4) is 45.5 Å². The molecule has 0 spiro atoms. The van der Waals surface area contributed by atoms with Crippen LogP contribution in [0.2, 0.25) is 0 Å². The predicted octanol–water partition coefficient (Wildman–Crippen LogP) is 2.89. The largest absolute Gasteiger partial charge is 0.496 e. The number of pyridine rings is 1. The third-order valence-corrected chi connectivity index (χ3v) is 6.84. The Morgan fingerprint density at radius 2 is 2.12 bits per heavy atom. The highest BCUT2D eigenvalue weighted by Crippen LogP contribution is 2.40. The smallest absolute Gasteiger partial charge is 0.268 e. The first-order valence-corrected chi connectivity index (χ1v) is 12.3. The van der Waals surface area contributed by atoms with E-state index < -0.39 is 18.8 Å². The van der Waals surface area contributed by atoms with Crippen LogP contribution in [0, 0.1) is 17.1 Å². The minimum absolute atomic E-state index is 0.189. The molecule has 2 atom stereocenters. The van der Waals surface area contributed by atoms with E-state index in [1.807, 2.05) is 4.90 Å². The fourth-order valence-corrected chi connectivity index (χ4v) is 5.00. The number of anilines is 1. The molecule has 0 bridgehead atoms. The number of nitrogens with zero attached hydrogens (tertiary/aromatic N) is 5. The van der Waals surface area contributed by atoms with Crippen LogP contribution in [0.3, 0.4) is 0 Å². The van der Waals surface area contributed by atoms with Gasteiger partial charge in [0.15, 0.2) is 5.82 Å². The van der Waals surface area contributed by atoms with Crippen LogP contribution in [0.5, 0.6) is 5.75 Å². The molecular weight excluding hydrogens is 513 g/mol. The molecule has 5 N–H and O–H groups in total. The summed E-state index contributed by atoms with van der Waals surface area (Å²) in [4.78, 5) is 27.4. The van der Waals surface area contributed by atoms with E-state index in [-0.39, 0.29) is 47.1 Å². The molecule has 1 saturated heterocycles. The van der Waals surface area contributed by atoms with Crippen molar-refractivity contribution in [2.24, 2.45) is 11.5 Å². The van der Waals surface area contributed by atoms with Crippen molar-refractivity contribution in [1.29, 1.82) is 5.26 Å². The molecule has 5 rings (SSSR count). The minimum Gasteiger partial charge on any atom is -0.496 e. The third-order valence-electron chi connectivity index (χ3n) is 6.84. The van der Waals surface area contributed by atoms with Gasteiger partial charge in [0.05, 0.1) is 41.0 Å². The zero-order chi connectivity index (χ0) is 30.9. The zero-order valence-electron chi connectivity index (χ0n) is 24.1. The predicted molar refractivity (Wildman–Crippen MR) is 147 cm³/mol. The van der Waals surface area contributed by atoms with Crippen molar-refractivity contribution in [3.63, 3.8) is 0 Å². The third kappa shape index (κ3) is 4.82. The summed E-state index contributed by atoms with van der Waals surface area (Å²) in [6.07, 6.45) is 4.88. The molecule has 0 aliphatic carbocycles. The number of amides is 1. The highest BCUT2D eigenvalue weighted by Gasteiger charge is 2.32. The van der Waals surface area contributed by atoms with Crippen LogP contribution in [-0.4, -0.2) is 58.2 Å². The summed E-state index contributed by atoms with van der Waals surface area (Å²) < 4.78 is 42.3. The minimum atomic E-state index is -2.88. The summed E-state index contributed by atoms with van der Waals surface area (Å²) in [5, 5.41) is 19.8. The Morgan fingerprint density at radius 1 is 1.27 bits per heavy atom. The Kier molecular flexibility index (Phi) is 6.36. The number of hydrogen-bond acceptors (Lipinski definition) is 9. The number of aliphatic hydroxyl groups is 1. The van der Waals surface area contributed by atoms with Crippen molar-refractivity contribution >= 4 is 11.6 Å². The molecule has 1 fully saturated rings. The molecule has 11 heteroatoms. The Balaban J connectivity index is 1.71. The first-order valence-electron chi connectivity index (χ1n) is 13.8. The maximum atomic E-state index is 15.0. The molecule has 4 aromatic rings. The van der Waals surface area contributed by atoms with Crippen molar-refractivity contribution < 1.29 is 23.1 Å². The first kappa shape index (κ1) is 23.0. The Labute approximate surface area is 233 Å². The molecule has 1 aliphatic rings. The number of ether oxygens (including phenoxy) is 1. The number of carbonyl (C=O) groups is 1. The number of benzene rings is 2. The number of nitrogens with two attached hydrogens (primary N) is 2. The lowest BCUT2D eigenvalue weighted by molar-refractivity contribution is 0.0996. The molecule has 2 aromatic carbocycles. The maximum Gasteiger partial charge on any atom is 0.268 e. The number of nitriles is 1. The van der Waals surface area contributed by atoms with Gasteiger partial charge in [-0.25, -0.2) is 14.4 Å². The fraction of sp³-hybridized carbons (Fsp3) is 0.207. The molecule has 40 heavy (non-hydrogen) atoms. The summed E-state index contributed by atoms with van der Waals surface area (Å²) in [6, 6.07) is 12.0. The Morgan fingerprint density at radius 3 is 2.88 bits per heavy atom. The Hall–Kier alpha value is -4.92. The molecule has 3 heterocycles. The second-order valence-corrected chi connectivity index (χ2v) is 9.28. The number of rotatable bonds is 7. The second-order valence-electron chi connectivity index (χ2n) is 9.28. The van der Waals surface area contributed by atoms with Crippen LogP contribution in [0.25, 0.3) is 33.6 Å². The van der Waals surface area contributed by atoms with Gasteiger partial charge in [0.25, 0.3) is 5.91 Å². The van der Waals surface area contributed by atoms with Gasteiger partial charge in [0, 0.05) is 53.6 Å². The first-order chi connectivity index (χ1) is 20.5. The van der Waals surface area contributed by atoms with Crippen LogP contribution in [0.4, 0.5) is 10.1 Å². The van der Waals surface area contributed by atoms with Gasteiger partial charge in [0.1, 0.15) is 17.3 Å². The summed E-state index contributed by atoms with van der Waals surface area (Å²) >= 11 is 0. The van der Waals surface area contributed by atoms with Gasteiger partial charge in [0.2, 0.25) is 0 Å². The van der Waals surface area contributed by atoms with Crippen molar-refractivity contribution in [2.75, 3.05) is 25.1 Å². The van der Waals surface area contributed by atoms with Crippen LogP contribution < -0.4 is 21.1 Å². The van der Waals surface area contributed by atoms with E-state index in [1.165, 1.54) is 24.5 Å². The Bertz CT molecular complexity index is 1750. The van der Waals surface area contributed by atoms with Gasteiger partial charge in [-0.1, -0.05) is 18.2 Å². The lowest BCUT2D eigenvalue weighted by Crippen LogP contribution is -2.33. The summed E-state index contributed by atoms with van der Waals surface area (Å²) in [6.45, 7) is 0.196. The van der Waals surface area contributed by atoms with Gasteiger partial charge in [-0.3, -0.25) is 9.78 Å². The molecule has 0 unspecified atom stereocenters. The maximum absolute atomic E-state index is 15.0. The monoisotopic (exact) mass is 542 g/mol. The quantitative estimate of drug-likeness (QED) is 0.318. The van der Waals surface area contributed by atoms with E-state index in [9.17, 15) is 19.6 Å². The van der Waals surface area contributed by atoms with E-state index >= 15 is 0 Å². The van der Waals surface area contributed by atoms with E-state index in [0.717, 1.165) is 6.07 Å². The SMILES string of the molecule is [2H]C([2H])([2H])Oc1cccc(F)c1-c1ncc(-c2ccc(-c3cnccc3C#N)cc2N2C[C@@H](N)C[C@H]2CO)c(C(N)=O)n1. The van der Waals surface area contributed by atoms with Gasteiger partial charge < -0.3 is 26.2 Å². The summed E-state index contributed by atoms with van der Waals surface area (Å²) in [5.74, 6) is -2.45. The lowest BCUT2D eigenvalue weighted by Gasteiger charge is -2.28. The zero-order valence-corrected chi connectivity index (χ0v) is 21.1. The molecular formula is C29H26FN7O3. The highest BCUT2D eigenvalue weighted by atomic mass is 19.1. The molecule has 1 amide bonds. The number of aliphatic hydroxyl groups excluding tert-OH is 1. The van der Waals surface area contributed by atoms with E-state index in [1.54, 1.807) is 30.5 Å². The van der Waals surface area contributed by atoms with Gasteiger partial charge in [-0.05, 0) is 36.2 Å². The highest BCUT2D eigenvalue weighted by molar-refractivity contribution is 6.00. The van der Waals surface area contributed by atoms with E-state index in [0.29, 0.717) is 40.9 Å². The number of hydrogen-bond donors (Lipinski definition) is 3. The lowest BCUT2D eigenvalue weighted by atomic mass is 9.95. The molecule has 1 aliphatic heterocycles. The molecule has 0 radical (unpaired) electrons. The van der Waals surface area contributed by atoms with Crippen molar-refractivity contribution in [1.82, 2.24) is 15.0 Å². The van der Waals surface area contributed by atoms with Gasteiger partial charge >= 0.3 is 0 Å². The van der Waals surface area contributed by atoms with E-state index in [4.69, 9.17) is 20.3 Å². The molecule has 0 saturated carbocycles. The van der Waals surface area contributed by atoms with Crippen molar-refractivity contribution in [2.45, 2.75) is 18.5 Å². The number of methoxy groups -OCH3 is 1. The normalized spacial score (nSPS) is 17.9. The average Bonchev–Trinajstić information content (AvgIpc) is 3.36. The second kappa shape index (κ2) is 11.1. The van der Waals surface area contributed by atoms with Crippen LogP contribution in [0.15, 0.2) is 61.1 Å². The van der Waals surface area contributed by atoms with Crippen LogP contribution in [-0.2, 0) is 0 Å². The van der Waals surface area contributed by atoms with Crippen molar-refractivity contribution in [3.05, 3.63) is 78.1 Å². The fourth-order valence-electron chi connectivity index (χ4n) is 5.00. The number of primary amides is 1. The average molecular weight is 543 g/mol.